The van der Waals surface area contributed by atoms with Crippen LogP contribution < -0.4 is 19.5 Å². The number of anilines is 1. The second kappa shape index (κ2) is 10.8. The van der Waals surface area contributed by atoms with Gasteiger partial charge in [-0.05, 0) is 55.0 Å². The molecule has 1 unspecified atom stereocenters. The normalized spacial score (nSPS) is 15.7. The molecule has 0 aliphatic carbocycles. The van der Waals surface area contributed by atoms with E-state index in [1.807, 2.05) is 19.1 Å². The van der Waals surface area contributed by atoms with Gasteiger partial charge in [-0.25, -0.2) is 0 Å². The number of benzene rings is 2. The molecule has 2 amide bonds. The monoisotopic (exact) mass is 442 g/mol. The fourth-order valence-corrected chi connectivity index (χ4v) is 4.27. The van der Waals surface area contributed by atoms with Crippen LogP contribution in [-0.4, -0.2) is 55.2 Å². The van der Waals surface area contributed by atoms with E-state index in [-0.39, 0.29) is 11.8 Å². The highest BCUT2D eigenvalue weighted by Gasteiger charge is 2.33. The highest BCUT2D eigenvalue weighted by Crippen LogP contribution is 2.29. The number of ether oxygens (including phenoxy) is 3. The first-order valence-corrected chi connectivity index (χ1v) is 11.0. The minimum absolute atomic E-state index is 0.208. The third-order valence-electron chi connectivity index (χ3n) is 4.73. The first-order valence-electron chi connectivity index (χ1n) is 9.88. The number of rotatable bonds is 8. The van der Waals surface area contributed by atoms with Gasteiger partial charge in [-0.15, -0.1) is 11.8 Å². The van der Waals surface area contributed by atoms with E-state index in [0.717, 1.165) is 5.56 Å². The molecule has 164 valence electrons. The maximum absolute atomic E-state index is 12.8. The summed E-state index contributed by atoms with van der Waals surface area (Å²) in [4.78, 5) is 27.1. The first kappa shape index (κ1) is 22.6. The number of nitrogens with zero attached hydrogens (tertiary/aromatic N) is 1. The lowest BCUT2D eigenvalue weighted by atomic mass is 10.1. The summed E-state index contributed by atoms with van der Waals surface area (Å²) in [6.45, 7) is 2.41. The van der Waals surface area contributed by atoms with Crippen molar-refractivity contribution in [3.63, 3.8) is 0 Å². The van der Waals surface area contributed by atoms with Crippen LogP contribution >= 0.6 is 11.8 Å². The molecule has 2 aromatic carbocycles. The van der Waals surface area contributed by atoms with Crippen molar-refractivity contribution in [1.82, 2.24) is 4.90 Å². The molecule has 0 spiro atoms. The SMILES string of the molecule is CCOc1cc(/C=C/C(=O)N2CSCC2C(=O)Nc2ccc(OC)cc2)ccc1OC. The molecule has 1 saturated heterocycles. The van der Waals surface area contributed by atoms with Crippen LogP contribution in [0.2, 0.25) is 0 Å². The van der Waals surface area contributed by atoms with Crippen molar-refractivity contribution in [3.05, 3.63) is 54.1 Å². The smallest absolute Gasteiger partial charge is 0.248 e. The number of hydrogen-bond acceptors (Lipinski definition) is 6. The topological polar surface area (TPSA) is 77.1 Å². The molecule has 0 bridgehead atoms. The molecule has 0 saturated carbocycles. The molecule has 1 aliphatic heterocycles. The van der Waals surface area contributed by atoms with E-state index in [1.165, 1.54) is 6.08 Å². The molecule has 2 aromatic rings. The first-order chi connectivity index (χ1) is 15.0. The summed E-state index contributed by atoms with van der Waals surface area (Å²) in [6, 6.07) is 12.0. The van der Waals surface area contributed by atoms with E-state index in [9.17, 15) is 9.59 Å². The summed E-state index contributed by atoms with van der Waals surface area (Å²) in [5, 5.41) is 2.87. The number of methoxy groups -OCH3 is 2. The van der Waals surface area contributed by atoms with Crippen LogP contribution in [0.5, 0.6) is 17.2 Å². The maximum Gasteiger partial charge on any atom is 0.248 e. The van der Waals surface area contributed by atoms with E-state index in [0.29, 0.717) is 41.2 Å². The molecule has 7 nitrogen and oxygen atoms in total. The van der Waals surface area contributed by atoms with E-state index in [2.05, 4.69) is 5.32 Å². The predicted octanol–water partition coefficient (Wildman–Crippen LogP) is 3.66. The van der Waals surface area contributed by atoms with Crippen molar-refractivity contribution in [2.24, 2.45) is 0 Å². The van der Waals surface area contributed by atoms with Gasteiger partial charge in [0.25, 0.3) is 0 Å². The third-order valence-corrected chi connectivity index (χ3v) is 5.74. The lowest BCUT2D eigenvalue weighted by molar-refractivity contribution is -0.132. The van der Waals surface area contributed by atoms with Gasteiger partial charge in [0.2, 0.25) is 11.8 Å². The van der Waals surface area contributed by atoms with Gasteiger partial charge in [-0.2, -0.15) is 0 Å². The Kier molecular flexibility index (Phi) is 7.83. The van der Waals surface area contributed by atoms with Crippen LogP contribution in [0.4, 0.5) is 5.69 Å². The fourth-order valence-electron chi connectivity index (χ4n) is 3.11. The summed E-state index contributed by atoms with van der Waals surface area (Å²) in [6.07, 6.45) is 3.20. The van der Waals surface area contributed by atoms with E-state index >= 15 is 0 Å². The number of carbonyl (C=O) groups excluding carboxylic acids is 2. The Bertz CT molecular complexity index is 945. The Balaban J connectivity index is 1.66. The van der Waals surface area contributed by atoms with Crippen LogP contribution in [0.3, 0.4) is 0 Å². The third kappa shape index (κ3) is 5.73. The lowest BCUT2D eigenvalue weighted by Gasteiger charge is -2.21. The molecule has 3 rings (SSSR count). The molecule has 0 aromatic heterocycles. The van der Waals surface area contributed by atoms with Crippen LogP contribution in [-0.2, 0) is 9.59 Å². The van der Waals surface area contributed by atoms with Gasteiger partial charge in [0.1, 0.15) is 11.8 Å². The fraction of sp³-hybridized carbons (Fsp3) is 0.304. The van der Waals surface area contributed by atoms with E-state index in [4.69, 9.17) is 14.2 Å². The van der Waals surface area contributed by atoms with E-state index in [1.54, 1.807) is 67.3 Å². The van der Waals surface area contributed by atoms with Crippen LogP contribution in [0, 0.1) is 0 Å². The highest BCUT2D eigenvalue weighted by atomic mass is 32.2. The van der Waals surface area contributed by atoms with Gasteiger partial charge >= 0.3 is 0 Å². The molecule has 1 atom stereocenters. The van der Waals surface area contributed by atoms with Crippen molar-refractivity contribution < 1.29 is 23.8 Å². The summed E-state index contributed by atoms with van der Waals surface area (Å²) in [5.41, 5.74) is 1.47. The average Bonchev–Trinajstić information content (AvgIpc) is 3.29. The summed E-state index contributed by atoms with van der Waals surface area (Å²) < 4.78 is 16.0. The molecular weight excluding hydrogens is 416 g/mol. The average molecular weight is 443 g/mol. The van der Waals surface area contributed by atoms with Crippen LogP contribution in [0.15, 0.2) is 48.5 Å². The summed E-state index contributed by atoms with van der Waals surface area (Å²) in [5.74, 6) is 2.57. The molecule has 0 radical (unpaired) electrons. The number of amides is 2. The minimum atomic E-state index is -0.529. The number of thioether (sulfide) groups is 1. The van der Waals surface area contributed by atoms with Crippen molar-refractivity contribution in [2.45, 2.75) is 13.0 Å². The van der Waals surface area contributed by atoms with Crippen molar-refractivity contribution in [2.75, 3.05) is 37.8 Å². The molecule has 1 fully saturated rings. The van der Waals surface area contributed by atoms with Gasteiger partial charge in [0.05, 0.1) is 26.7 Å². The zero-order chi connectivity index (χ0) is 22.2. The van der Waals surface area contributed by atoms with Crippen molar-refractivity contribution in [3.8, 4) is 17.2 Å². The summed E-state index contributed by atoms with van der Waals surface area (Å²) >= 11 is 1.55. The molecule has 1 N–H and O–H groups in total. The van der Waals surface area contributed by atoms with Gasteiger partial charge in [0.15, 0.2) is 11.5 Å². The number of carbonyl (C=O) groups is 2. The zero-order valence-corrected chi connectivity index (χ0v) is 18.6. The standard InChI is InChI=1S/C23H26N2O5S/c1-4-30-21-13-16(5-11-20(21)29-3)6-12-22(26)25-15-31-14-19(25)23(27)24-17-7-9-18(28-2)10-8-17/h5-13,19H,4,14-15H2,1-3H3,(H,24,27)/b12-6+. The van der Waals surface area contributed by atoms with Gasteiger partial charge in [-0.1, -0.05) is 6.07 Å². The van der Waals surface area contributed by atoms with Crippen molar-refractivity contribution >= 4 is 35.3 Å². The molecule has 1 aliphatic rings. The predicted molar refractivity (Wildman–Crippen MR) is 123 cm³/mol. The Morgan fingerprint density at radius 2 is 1.90 bits per heavy atom. The number of hydrogen-bond donors (Lipinski definition) is 1. The molecular formula is C23H26N2O5S. The minimum Gasteiger partial charge on any atom is -0.497 e. The largest absolute Gasteiger partial charge is 0.497 e. The number of nitrogens with one attached hydrogen (secondary N) is 1. The lowest BCUT2D eigenvalue weighted by Crippen LogP contribution is -2.43. The van der Waals surface area contributed by atoms with E-state index < -0.39 is 6.04 Å². The summed E-state index contributed by atoms with van der Waals surface area (Å²) in [7, 11) is 3.17. The Labute approximate surface area is 186 Å². The quantitative estimate of drug-likeness (QED) is 0.629. The second-order valence-corrected chi connectivity index (χ2v) is 7.72. The molecule has 8 heteroatoms. The molecule has 1 heterocycles. The molecule has 31 heavy (non-hydrogen) atoms. The van der Waals surface area contributed by atoms with Crippen LogP contribution in [0.25, 0.3) is 6.08 Å². The Hall–Kier alpha value is -3.13. The van der Waals surface area contributed by atoms with Gasteiger partial charge in [-0.3, -0.25) is 9.59 Å². The Morgan fingerprint density at radius 1 is 1.13 bits per heavy atom. The second-order valence-electron chi connectivity index (χ2n) is 6.72. The van der Waals surface area contributed by atoms with Crippen molar-refractivity contribution in [1.29, 1.82) is 0 Å². The zero-order valence-electron chi connectivity index (χ0n) is 17.8. The van der Waals surface area contributed by atoms with Crippen LogP contribution in [0.1, 0.15) is 12.5 Å². The highest BCUT2D eigenvalue weighted by molar-refractivity contribution is 7.99. The Morgan fingerprint density at radius 3 is 2.58 bits per heavy atom. The van der Waals surface area contributed by atoms with Gasteiger partial charge < -0.3 is 24.4 Å². The maximum atomic E-state index is 12.8. The van der Waals surface area contributed by atoms with Gasteiger partial charge in [0, 0.05) is 17.5 Å².